The van der Waals surface area contributed by atoms with Gasteiger partial charge in [-0.3, -0.25) is 4.79 Å². The quantitative estimate of drug-likeness (QED) is 0.145. The van der Waals surface area contributed by atoms with Crippen molar-refractivity contribution >= 4 is 22.8 Å². The second kappa shape index (κ2) is 13.8. The number of carbonyl (C=O) groups excluding carboxylic acids is 1. The molecular formula is C31H33N3O7. The molecule has 6 N–H and O–H groups in total. The van der Waals surface area contributed by atoms with Crippen LogP contribution >= 0.6 is 0 Å². The maximum atomic E-state index is 13.2. The predicted octanol–water partition coefficient (Wildman–Crippen LogP) is 2.74. The van der Waals surface area contributed by atoms with Crippen LogP contribution in [0.15, 0.2) is 72.8 Å². The number of fused-ring (bicyclic) bond motifs is 1. The van der Waals surface area contributed by atoms with E-state index in [1.807, 2.05) is 30.3 Å². The number of aromatic carboxylic acids is 1. The maximum Gasteiger partial charge on any atom is 0.336 e. The number of pyridine rings is 1. The Bertz CT molecular complexity index is 1500. The number of amides is 1. The van der Waals surface area contributed by atoms with Crippen LogP contribution in [0, 0.1) is 0 Å². The van der Waals surface area contributed by atoms with Gasteiger partial charge in [0.25, 0.3) is 5.91 Å². The van der Waals surface area contributed by atoms with Crippen molar-refractivity contribution in [3.63, 3.8) is 0 Å². The first-order valence-corrected chi connectivity index (χ1v) is 13.1. The first kappa shape index (κ1) is 29.6. The van der Waals surface area contributed by atoms with Crippen molar-refractivity contribution in [2.45, 2.75) is 25.0 Å². The number of carboxylic acid groups (broad SMARTS) is 1. The summed E-state index contributed by atoms with van der Waals surface area (Å²) in [6, 6.07) is 20.0. The van der Waals surface area contributed by atoms with E-state index in [1.165, 1.54) is 13.2 Å². The van der Waals surface area contributed by atoms with Crippen molar-refractivity contribution < 1.29 is 34.8 Å². The molecule has 0 radical (unpaired) electrons. The van der Waals surface area contributed by atoms with E-state index in [4.69, 9.17) is 4.74 Å². The van der Waals surface area contributed by atoms with E-state index in [9.17, 15) is 30.0 Å². The third-order valence-electron chi connectivity index (χ3n) is 6.69. The number of carbonyl (C=O) groups is 2. The Hall–Kier alpha value is -4.35. The van der Waals surface area contributed by atoms with Crippen molar-refractivity contribution in [1.82, 2.24) is 15.6 Å². The fraction of sp³-hybridized carbons (Fsp3) is 0.258. The molecule has 3 aromatic carbocycles. The molecule has 0 fully saturated rings. The first-order chi connectivity index (χ1) is 19.8. The Balaban J connectivity index is 1.59. The summed E-state index contributed by atoms with van der Waals surface area (Å²) in [6.07, 6.45) is 0.442. The molecule has 0 bridgehead atoms. The molecule has 1 aromatic heterocycles. The summed E-state index contributed by atoms with van der Waals surface area (Å²) in [7, 11) is 1.53. The highest BCUT2D eigenvalue weighted by atomic mass is 16.5. The molecule has 41 heavy (non-hydrogen) atoms. The summed E-state index contributed by atoms with van der Waals surface area (Å²) in [5.41, 5.74) is 3.74. The molecule has 10 nitrogen and oxygen atoms in total. The number of aromatic hydroxyl groups is 1. The summed E-state index contributed by atoms with van der Waals surface area (Å²) in [5, 5.41) is 44.4. The predicted molar refractivity (Wildman–Crippen MR) is 154 cm³/mol. The summed E-state index contributed by atoms with van der Waals surface area (Å²) in [6.45, 7) is 0.295. The number of hydrogen-bond donors (Lipinski definition) is 6. The third kappa shape index (κ3) is 7.65. The summed E-state index contributed by atoms with van der Waals surface area (Å²) in [4.78, 5) is 29.9. The van der Waals surface area contributed by atoms with Gasteiger partial charge < -0.3 is 35.8 Å². The van der Waals surface area contributed by atoms with Crippen LogP contribution in [0.4, 0.5) is 0 Å². The summed E-state index contributed by atoms with van der Waals surface area (Å²) >= 11 is 0. The number of rotatable bonds is 13. The van der Waals surface area contributed by atoms with E-state index < -0.39 is 24.0 Å². The molecule has 1 heterocycles. The second-order valence-electron chi connectivity index (χ2n) is 9.73. The van der Waals surface area contributed by atoms with Crippen molar-refractivity contribution in [1.29, 1.82) is 0 Å². The van der Waals surface area contributed by atoms with E-state index in [0.717, 1.165) is 22.3 Å². The number of aromatic nitrogens is 1. The number of hydrogen-bond acceptors (Lipinski definition) is 8. The molecule has 0 unspecified atom stereocenters. The number of carboxylic acids is 1. The molecule has 1 amide bonds. The van der Waals surface area contributed by atoms with E-state index in [1.54, 1.807) is 36.4 Å². The molecular weight excluding hydrogens is 526 g/mol. The summed E-state index contributed by atoms with van der Waals surface area (Å²) < 4.78 is 5.27. The maximum absolute atomic E-state index is 13.2. The van der Waals surface area contributed by atoms with Crippen LogP contribution in [0.5, 0.6) is 5.75 Å². The first-order valence-electron chi connectivity index (χ1n) is 13.1. The highest BCUT2D eigenvalue weighted by Crippen LogP contribution is 2.27. The van der Waals surface area contributed by atoms with Gasteiger partial charge in [-0.15, -0.1) is 0 Å². The number of phenolic OH excluding ortho intramolecular Hbond substituents is 1. The average Bonchev–Trinajstić information content (AvgIpc) is 2.98. The van der Waals surface area contributed by atoms with Crippen molar-refractivity contribution in [3.8, 4) is 16.9 Å². The zero-order chi connectivity index (χ0) is 29.4. The van der Waals surface area contributed by atoms with Gasteiger partial charge in [0.1, 0.15) is 11.4 Å². The highest BCUT2D eigenvalue weighted by Gasteiger charge is 2.20. The normalized spacial score (nSPS) is 12.0. The van der Waals surface area contributed by atoms with Gasteiger partial charge in [0.05, 0.1) is 43.0 Å². The Kier molecular flexibility index (Phi) is 9.99. The van der Waals surface area contributed by atoms with E-state index in [2.05, 4.69) is 15.6 Å². The van der Waals surface area contributed by atoms with E-state index in [0.29, 0.717) is 23.9 Å². The monoisotopic (exact) mass is 559 g/mol. The molecule has 0 aliphatic carbocycles. The molecule has 0 spiro atoms. The molecule has 0 saturated carbocycles. The Morgan fingerprint density at radius 2 is 1.63 bits per heavy atom. The lowest BCUT2D eigenvalue weighted by Gasteiger charge is -2.18. The van der Waals surface area contributed by atoms with Crippen LogP contribution in [0.1, 0.15) is 32.0 Å². The van der Waals surface area contributed by atoms with Gasteiger partial charge in [0.2, 0.25) is 0 Å². The number of benzene rings is 3. The zero-order valence-electron chi connectivity index (χ0n) is 22.6. The van der Waals surface area contributed by atoms with Crippen molar-refractivity contribution in [3.05, 3.63) is 95.2 Å². The molecule has 214 valence electrons. The van der Waals surface area contributed by atoms with Gasteiger partial charge in [0.15, 0.2) is 0 Å². The average molecular weight is 560 g/mol. The Morgan fingerprint density at radius 1 is 0.902 bits per heavy atom. The van der Waals surface area contributed by atoms with Crippen LogP contribution in [0.3, 0.4) is 0 Å². The fourth-order valence-electron chi connectivity index (χ4n) is 4.54. The van der Waals surface area contributed by atoms with Crippen LogP contribution in [-0.4, -0.2) is 76.3 Å². The number of nitrogens with one attached hydrogen (secondary N) is 2. The van der Waals surface area contributed by atoms with Gasteiger partial charge in [0, 0.05) is 19.0 Å². The van der Waals surface area contributed by atoms with Gasteiger partial charge in [-0.25, -0.2) is 9.78 Å². The molecule has 1 atom stereocenters. The minimum atomic E-state index is -1.18. The lowest BCUT2D eigenvalue weighted by atomic mass is 9.98. The lowest BCUT2D eigenvalue weighted by molar-refractivity contribution is 0.0699. The minimum Gasteiger partial charge on any atom is -0.508 e. The van der Waals surface area contributed by atoms with Gasteiger partial charge in [-0.05, 0) is 65.1 Å². The SMILES string of the molecule is COC[C@H](Cc1ccc(O)cc1)NC(=O)c1cc(C(=O)O)c2cc(-c3cccc(CNC(CO)CO)c3)ccc2n1. The molecule has 4 rings (SSSR count). The number of nitrogens with zero attached hydrogens (tertiary/aromatic N) is 1. The number of aliphatic hydroxyl groups excluding tert-OH is 2. The topological polar surface area (TPSA) is 161 Å². The van der Waals surface area contributed by atoms with E-state index >= 15 is 0 Å². The van der Waals surface area contributed by atoms with Crippen LogP contribution < -0.4 is 10.6 Å². The Morgan fingerprint density at radius 3 is 2.32 bits per heavy atom. The van der Waals surface area contributed by atoms with Crippen molar-refractivity contribution in [2.75, 3.05) is 26.9 Å². The van der Waals surface area contributed by atoms with Crippen molar-refractivity contribution in [2.24, 2.45) is 0 Å². The molecule has 0 aliphatic rings. The van der Waals surface area contributed by atoms with Crippen LogP contribution in [-0.2, 0) is 17.7 Å². The molecule has 10 heteroatoms. The number of aliphatic hydroxyl groups is 2. The number of methoxy groups -OCH3 is 1. The van der Waals surface area contributed by atoms with Gasteiger partial charge in [-0.2, -0.15) is 0 Å². The van der Waals surface area contributed by atoms with Gasteiger partial charge in [-0.1, -0.05) is 36.4 Å². The van der Waals surface area contributed by atoms with E-state index in [-0.39, 0.29) is 36.8 Å². The third-order valence-corrected chi connectivity index (χ3v) is 6.69. The number of phenols is 1. The second-order valence-corrected chi connectivity index (χ2v) is 9.73. The smallest absolute Gasteiger partial charge is 0.336 e. The van der Waals surface area contributed by atoms with Crippen LogP contribution in [0.25, 0.3) is 22.0 Å². The fourth-order valence-corrected chi connectivity index (χ4v) is 4.54. The highest BCUT2D eigenvalue weighted by molar-refractivity contribution is 6.06. The minimum absolute atomic E-state index is 0.0233. The molecule has 4 aromatic rings. The van der Waals surface area contributed by atoms with Gasteiger partial charge >= 0.3 is 5.97 Å². The molecule has 0 aliphatic heterocycles. The largest absolute Gasteiger partial charge is 0.508 e. The number of ether oxygens (including phenoxy) is 1. The molecule has 0 saturated heterocycles. The standard InChI is InChI=1S/C31H33N3O7/c1-41-18-23(12-19-5-8-25(37)9-6-19)33-30(38)29-14-27(31(39)40)26-13-22(7-10-28(26)34-29)21-4-2-3-20(11-21)15-32-24(16-35)17-36/h2-11,13-14,23-24,32,35-37H,12,15-18H2,1H3,(H,33,38)(H,39,40)/t23-/m0/s1. The zero-order valence-corrected chi connectivity index (χ0v) is 22.6. The summed E-state index contributed by atoms with van der Waals surface area (Å²) in [5.74, 6) is -1.56. The lowest BCUT2D eigenvalue weighted by Crippen LogP contribution is -2.40. The van der Waals surface area contributed by atoms with Crippen LogP contribution in [0.2, 0.25) is 0 Å². The Labute approximate surface area is 237 Å².